The minimum atomic E-state index is -0.236. The quantitative estimate of drug-likeness (QED) is 0.901. The Morgan fingerprint density at radius 1 is 1.45 bits per heavy atom. The zero-order valence-corrected chi connectivity index (χ0v) is 13.7. The Morgan fingerprint density at radius 3 is 3.14 bits per heavy atom. The third-order valence-corrected chi connectivity index (χ3v) is 4.24. The average Bonchev–Trinajstić information content (AvgIpc) is 3.02. The molecule has 2 aromatic rings. The largest absolute Gasteiger partial charge is 0.488 e. The summed E-state index contributed by atoms with van der Waals surface area (Å²) in [5.74, 6) is 2.73. The summed E-state index contributed by atoms with van der Waals surface area (Å²) in [7, 11) is 0. The molecule has 0 radical (unpaired) electrons. The zero-order valence-electron chi connectivity index (χ0n) is 12.1. The number of hydrogen-bond acceptors (Lipinski definition) is 6. The lowest BCUT2D eigenvalue weighted by Gasteiger charge is -2.16. The van der Waals surface area contributed by atoms with E-state index in [1.165, 1.54) is 0 Å². The normalized spacial score (nSPS) is 15.0. The first kappa shape index (κ1) is 15.4. The van der Waals surface area contributed by atoms with Crippen molar-refractivity contribution in [2.24, 2.45) is 5.73 Å². The van der Waals surface area contributed by atoms with Crippen LogP contribution in [0.4, 0.5) is 0 Å². The molecule has 0 amide bonds. The molecule has 0 saturated heterocycles. The van der Waals surface area contributed by atoms with Crippen LogP contribution in [0, 0.1) is 0 Å². The zero-order chi connectivity index (χ0) is 15.5. The van der Waals surface area contributed by atoms with E-state index >= 15 is 0 Å². The van der Waals surface area contributed by atoms with E-state index in [0.717, 1.165) is 29.1 Å². The fraction of sp³-hybridized carbons (Fsp3) is 0.333. The summed E-state index contributed by atoms with van der Waals surface area (Å²) in [6.45, 7) is 0.396. The number of hydrogen-bond donors (Lipinski definition) is 1. The highest BCUT2D eigenvalue weighted by Gasteiger charge is 2.20. The van der Waals surface area contributed by atoms with E-state index in [1.807, 2.05) is 24.5 Å². The van der Waals surface area contributed by atoms with Gasteiger partial charge in [-0.1, -0.05) is 16.8 Å². The van der Waals surface area contributed by atoms with Crippen molar-refractivity contribution < 1.29 is 9.26 Å². The highest BCUT2D eigenvalue weighted by Crippen LogP contribution is 2.31. The molecule has 1 atom stereocenters. The molecule has 3 rings (SSSR count). The van der Waals surface area contributed by atoms with Gasteiger partial charge in [-0.25, -0.2) is 0 Å². The van der Waals surface area contributed by atoms with Crippen LogP contribution >= 0.6 is 23.4 Å². The maximum absolute atomic E-state index is 6.04. The lowest BCUT2D eigenvalue weighted by atomic mass is 10.1. The number of nitrogens with zero attached hydrogens (tertiary/aromatic N) is 2. The molecule has 1 aliphatic rings. The molecule has 0 fully saturated rings. The number of ether oxygens (including phenoxy) is 1. The van der Waals surface area contributed by atoms with Gasteiger partial charge in [0.25, 0.3) is 0 Å². The van der Waals surface area contributed by atoms with Crippen molar-refractivity contribution in [3.8, 4) is 5.75 Å². The van der Waals surface area contributed by atoms with Crippen molar-refractivity contribution in [2.75, 3.05) is 18.6 Å². The third-order valence-electron chi connectivity index (χ3n) is 3.36. The fourth-order valence-electron chi connectivity index (χ4n) is 2.16. The van der Waals surface area contributed by atoms with Gasteiger partial charge in [0.1, 0.15) is 12.4 Å². The molecule has 116 valence electrons. The SMILES string of the molecule is CSCCC(N)c1nc(C2=Cc3cc(Cl)ccc3OC2)no1. The molecular formula is C15H16ClN3O2S. The number of benzene rings is 1. The second-order valence-corrected chi connectivity index (χ2v) is 6.41. The van der Waals surface area contributed by atoms with E-state index in [4.69, 9.17) is 26.6 Å². The number of halogens is 1. The molecule has 0 saturated carbocycles. The fourth-order valence-corrected chi connectivity index (χ4v) is 2.83. The van der Waals surface area contributed by atoms with Crippen molar-refractivity contribution >= 4 is 35.0 Å². The Labute approximate surface area is 137 Å². The van der Waals surface area contributed by atoms with Gasteiger partial charge in [-0.15, -0.1) is 0 Å². The summed E-state index contributed by atoms with van der Waals surface area (Å²) in [5, 5.41) is 4.67. The predicted octanol–water partition coefficient (Wildman–Crippen LogP) is 3.41. The first-order chi connectivity index (χ1) is 10.7. The van der Waals surface area contributed by atoms with Gasteiger partial charge in [-0.05, 0) is 42.7 Å². The third kappa shape index (κ3) is 3.29. The molecule has 5 nitrogen and oxygen atoms in total. The molecule has 0 bridgehead atoms. The highest BCUT2D eigenvalue weighted by molar-refractivity contribution is 7.98. The molecule has 1 aromatic heterocycles. The highest BCUT2D eigenvalue weighted by atomic mass is 35.5. The molecule has 7 heteroatoms. The summed E-state index contributed by atoms with van der Waals surface area (Å²) in [6, 6.07) is 5.27. The molecule has 2 N–H and O–H groups in total. The van der Waals surface area contributed by atoms with Gasteiger partial charge in [-0.2, -0.15) is 16.7 Å². The molecule has 2 heterocycles. The van der Waals surface area contributed by atoms with Crippen molar-refractivity contribution in [1.29, 1.82) is 0 Å². The smallest absolute Gasteiger partial charge is 0.243 e. The number of aromatic nitrogens is 2. The van der Waals surface area contributed by atoms with E-state index in [2.05, 4.69) is 10.1 Å². The van der Waals surface area contributed by atoms with Crippen LogP contribution in [0.25, 0.3) is 11.6 Å². The summed E-state index contributed by atoms with van der Waals surface area (Å²) in [4.78, 5) is 4.39. The Morgan fingerprint density at radius 2 is 2.32 bits per heavy atom. The number of rotatable bonds is 5. The van der Waals surface area contributed by atoms with Crippen LogP contribution in [0.15, 0.2) is 22.7 Å². The van der Waals surface area contributed by atoms with Gasteiger partial charge in [0.15, 0.2) is 0 Å². The van der Waals surface area contributed by atoms with Crippen LogP contribution in [0.2, 0.25) is 5.02 Å². The second-order valence-electron chi connectivity index (χ2n) is 4.98. The predicted molar refractivity (Wildman–Crippen MR) is 89.0 cm³/mol. The topological polar surface area (TPSA) is 74.2 Å². The molecule has 0 spiro atoms. The molecule has 1 aromatic carbocycles. The minimum Gasteiger partial charge on any atom is -0.488 e. The second kappa shape index (κ2) is 6.73. The Balaban J connectivity index is 1.82. The lowest BCUT2D eigenvalue weighted by molar-refractivity contribution is 0.347. The minimum absolute atomic E-state index is 0.236. The Hall–Kier alpha value is -1.50. The molecular weight excluding hydrogens is 322 g/mol. The van der Waals surface area contributed by atoms with Crippen LogP contribution in [0.5, 0.6) is 5.75 Å². The van der Waals surface area contributed by atoms with Gasteiger partial charge in [0.05, 0.1) is 6.04 Å². The van der Waals surface area contributed by atoms with E-state index in [-0.39, 0.29) is 6.04 Å². The summed E-state index contributed by atoms with van der Waals surface area (Å²) in [5.41, 5.74) is 7.80. The summed E-state index contributed by atoms with van der Waals surface area (Å²) >= 11 is 7.75. The first-order valence-corrected chi connectivity index (χ1v) is 8.66. The summed E-state index contributed by atoms with van der Waals surface area (Å²) in [6.07, 6.45) is 4.81. The summed E-state index contributed by atoms with van der Waals surface area (Å²) < 4.78 is 11.0. The Kier molecular flexibility index (Phi) is 4.71. The monoisotopic (exact) mass is 337 g/mol. The van der Waals surface area contributed by atoms with Crippen molar-refractivity contribution in [2.45, 2.75) is 12.5 Å². The van der Waals surface area contributed by atoms with Gasteiger partial charge in [0.2, 0.25) is 11.7 Å². The van der Waals surface area contributed by atoms with Crippen LogP contribution in [0.1, 0.15) is 29.7 Å². The molecule has 1 aliphatic heterocycles. The molecule has 22 heavy (non-hydrogen) atoms. The lowest BCUT2D eigenvalue weighted by Crippen LogP contribution is -2.12. The van der Waals surface area contributed by atoms with Crippen molar-refractivity contribution in [3.63, 3.8) is 0 Å². The maximum Gasteiger partial charge on any atom is 0.243 e. The van der Waals surface area contributed by atoms with Gasteiger partial charge < -0.3 is 15.0 Å². The van der Waals surface area contributed by atoms with Crippen LogP contribution in [0.3, 0.4) is 0 Å². The van der Waals surface area contributed by atoms with E-state index in [1.54, 1.807) is 17.8 Å². The van der Waals surface area contributed by atoms with Crippen molar-refractivity contribution in [1.82, 2.24) is 10.1 Å². The van der Waals surface area contributed by atoms with E-state index in [9.17, 15) is 0 Å². The first-order valence-electron chi connectivity index (χ1n) is 6.89. The van der Waals surface area contributed by atoms with Crippen molar-refractivity contribution in [3.05, 3.63) is 40.5 Å². The number of nitrogens with two attached hydrogens (primary N) is 1. The van der Waals surface area contributed by atoms with E-state index < -0.39 is 0 Å². The molecule has 1 unspecified atom stereocenters. The van der Waals surface area contributed by atoms with Crippen LogP contribution in [-0.4, -0.2) is 28.8 Å². The standard InChI is InChI=1S/C15H16ClN3O2S/c1-22-5-4-12(17)15-18-14(19-21-15)10-6-9-7-11(16)2-3-13(9)20-8-10/h2-3,6-7,12H,4-5,8,17H2,1H3. The van der Waals surface area contributed by atoms with Gasteiger partial charge >= 0.3 is 0 Å². The van der Waals surface area contributed by atoms with E-state index in [0.29, 0.717) is 23.3 Å². The number of fused-ring (bicyclic) bond motifs is 1. The van der Waals surface area contributed by atoms with Gasteiger partial charge in [0, 0.05) is 16.2 Å². The molecule has 0 aliphatic carbocycles. The Bertz CT molecular complexity index is 702. The van der Waals surface area contributed by atoms with Crippen LogP contribution in [-0.2, 0) is 0 Å². The maximum atomic E-state index is 6.04. The van der Waals surface area contributed by atoms with Crippen LogP contribution < -0.4 is 10.5 Å². The number of thioether (sulfide) groups is 1. The average molecular weight is 338 g/mol. The van der Waals surface area contributed by atoms with Gasteiger partial charge in [-0.3, -0.25) is 0 Å².